The molecule has 4 nitrogen and oxygen atoms in total. The highest BCUT2D eigenvalue weighted by Gasteiger charge is 2.37. The van der Waals surface area contributed by atoms with E-state index in [-0.39, 0.29) is 18.6 Å². The Morgan fingerprint density at radius 1 is 1.19 bits per heavy atom. The fourth-order valence-electron chi connectivity index (χ4n) is 2.03. The zero-order valence-electron chi connectivity index (χ0n) is 13.3. The van der Waals surface area contributed by atoms with E-state index in [0.717, 1.165) is 6.92 Å². The second-order valence-electron chi connectivity index (χ2n) is 5.63. The van der Waals surface area contributed by atoms with E-state index in [2.05, 4.69) is 5.32 Å². The van der Waals surface area contributed by atoms with Crippen LogP contribution in [-0.4, -0.2) is 43.5 Å². The number of nitrogens with one attached hydrogen (secondary N) is 1. The molecule has 0 aliphatic carbocycles. The Hall–Kier alpha value is -0.820. The Morgan fingerprint density at radius 3 is 2.19 bits per heavy atom. The van der Waals surface area contributed by atoms with Crippen LogP contribution < -0.4 is 5.32 Å². The molecule has 0 rings (SSSR count). The van der Waals surface area contributed by atoms with Gasteiger partial charge in [0.15, 0.2) is 6.10 Å². The average molecular weight is 313 g/mol. The molecule has 1 N–H and O–H groups in total. The Labute approximate surface area is 124 Å². The first-order valence-electron chi connectivity index (χ1n) is 7.07. The molecule has 2 atom stereocenters. The van der Waals surface area contributed by atoms with Crippen molar-refractivity contribution in [3.05, 3.63) is 0 Å². The summed E-state index contributed by atoms with van der Waals surface area (Å²) in [6.07, 6.45) is -4.61. The molecule has 0 amide bonds. The van der Waals surface area contributed by atoms with E-state index in [1.165, 1.54) is 7.11 Å². The molecular weight excluding hydrogens is 287 g/mol. The van der Waals surface area contributed by atoms with Crippen molar-refractivity contribution in [3.63, 3.8) is 0 Å². The minimum atomic E-state index is -4.33. The van der Waals surface area contributed by atoms with E-state index in [1.54, 1.807) is 6.92 Å². The molecule has 2 unspecified atom stereocenters. The SMILES string of the molecule is COC(=O)C(C)(CCCCOC(C)C(F)(F)F)NC(C)C. The minimum Gasteiger partial charge on any atom is -0.468 e. The predicted molar refractivity (Wildman–Crippen MR) is 74.0 cm³/mol. The number of rotatable bonds is 9. The maximum atomic E-state index is 12.2. The van der Waals surface area contributed by atoms with Crippen LogP contribution in [0.4, 0.5) is 13.2 Å². The molecule has 0 heterocycles. The molecule has 0 bridgehead atoms. The molecule has 7 heteroatoms. The molecule has 0 aromatic rings. The number of carbonyl (C=O) groups is 1. The quantitative estimate of drug-likeness (QED) is 0.525. The van der Waals surface area contributed by atoms with Gasteiger partial charge in [-0.15, -0.1) is 0 Å². The van der Waals surface area contributed by atoms with Crippen LogP contribution in [0.15, 0.2) is 0 Å². The Balaban J connectivity index is 4.19. The molecule has 0 radical (unpaired) electrons. The molecular formula is C14H26F3NO3. The van der Waals surface area contributed by atoms with Crippen molar-refractivity contribution in [3.8, 4) is 0 Å². The molecule has 0 fully saturated rings. The van der Waals surface area contributed by atoms with Gasteiger partial charge in [0.1, 0.15) is 5.54 Å². The van der Waals surface area contributed by atoms with Crippen molar-refractivity contribution in [2.45, 2.75) is 70.8 Å². The van der Waals surface area contributed by atoms with Gasteiger partial charge in [-0.2, -0.15) is 13.2 Å². The van der Waals surface area contributed by atoms with Gasteiger partial charge in [-0.3, -0.25) is 10.1 Å². The number of ether oxygens (including phenoxy) is 2. The van der Waals surface area contributed by atoms with Crippen LogP contribution in [0.2, 0.25) is 0 Å². The van der Waals surface area contributed by atoms with Gasteiger partial charge in [0.25, 0.3) is 0 Å². The van der Waals surface area contributed by atoms with Crippen LogP contribution in [0.3, 0.4) is 0 Å². The number of methoxy groups -OCH3 is 1. The Morgan fingerprint density at radius 2 is 1.76 bits per heavy atom. The lowest BCUT2D eigenvalue weighted by Crippen LogP contribution is -2.52. The standard InChI is InChI=1S/C14H26F3NO3/c1-10(2)18-13(4,12(19)20-5)8-6-7-9-21-11(3)14(15,16)17/h10-11,18H,6-9H2,1-5H3. The van der Waals surface area contributed by atoms with Gasteiger partial charge in [0, 0.05) is 12.6 Å². The van der Waals surface area contributed by atoms with Gasteiger partial charge >= 0.3 is 12.1 Å². The van der Waals surface area contributed by atoms with Crippen molar-refractivity contribution in [2.75, 3.05) is 13.7 Å². The molecule has 21 heavy (non-hydrogen) atoms. The van der Waals surface area contributed by atoms with Crippen molar-refractivity contribution in [1.82, 2.24) is 5.32 Å². The van der Waals surface area contributed by atoms with E-state index >= 15 is 0 Å². The topological polar surface area (TPSA) is 47.6 Å². The summed E-state index contributed by atoms with van der Waals surface area (Å²) < 4.78 is 46.2. The first kappa shape index (κ1) is 20.2. The summed E-state index contributed by atoms with van der Waals surface area (Å²) in [6, 6.07) is 0.0931. The fourth-order valence-corrected chi connectivity index (χ4v) is 2.03. The summed E-state index contributed by atoms with van der Waals surface area (Å²) in [5, 5.41) is 3.14. The molecule has 0 aliphatic rings. The molecule has 0 aromatic heterocycles. The molecule has 0 aromatic carbocycles. The normalized spacial score (nSPS) is 16.6. The fraction of sp³-hybridized carbons (Fsp3) is 0.929. The van der Waals surface area contributed by atoms with Gasteiger partial charge in [-0.25, -0.2) is 0 Å². The number of carbonyl (C=O) groups excluding carboxylic acids is 1. The highest BCUT2D eigenvalue weighted by molar-refractivity contribution is 5.80. The minimum absolute atomic E-state index is 0.0135. The smallest absolute Gasteiger partial charge is 0.414 e. The van der Waals surface area contributed by atoms with Crippen molar-refractivity contribution < 1.29 is 27.4 Å². The van der Waals surface area contributed by atoms with Crippen LogP contribution in [-0.2, 0) is 14.3 Å². The highest BCUT2D eigenvalue weighted by atomic mass is 19.4. The zero-order chi connectivity index (χ0) is 16.7. The maximum Gasteiger partial charge on any atom is 0.414 e. The van der Waals surface area contributed by atoms with Crippen LogP contribution in [0.1, 0.15) is 47.0 Å². The van der Waals surface area contributed by atoms with E-state index in [4.69, 9.17) is 9.47 Å². The largest absolute Gasteiger partial charge is 0.468 e. The lowest BCUT2D eigenvalue weighted by Gasteiger charge is -2.30. The molecule has 0 saturated heterocycles. The van der Waals surface area contributed by atoms with Gasteiger partial charge in [-0.1, -0.05) is 0 Å². The van der Waals surface area contributed by atoms with Crippen LogP contribution >= 0.6 is 0 Å². The number of alkyl halides is 3. The van der Waals surface area contributed by atoms with Gasteiger partial charge in [0.2, 0.25) is 0 Å². The van der Waals surface area contributed by atoms with E-state index in [1.807, 2.05) is 13.8 Å². The van der Waals surface area contributed by atoms with Crippen molar-refractivity contribution >= 4 is 5.97 Å². The summed E-state index contributed by atoms with van der Waals surface area (Å²) >= 11 is 0. The summed E-state index contributed by atoms with van der Waals surface area (Å²) in [6.45, 7) is 6.56. The van der Waals surface area contributed by atoms with Crippen LogP contribution in [0.5, 0.6) is 0 Å². The monoisotopic (exact) mass is 313 g/mol. The van der Waals surface area contributed by atoms with Crippen molar-refractivity contribution in [2.24, 2.45) is 0 Å². The van der Waals surface area contributed by atoms with E-state index in [0.29, 0.717) is 19.3 Å². The second kappa shape index (κ2) is 8.58. The summed E-state index contributed by atoms with van der Waals surface area (Å²) in [5.41, 5.74) is -0.835. The first-order valence-corrected chi connectivity index (χ1v) is 7.07. The summed E-state index contributed by atoms with van der Waals surface area (Å²) in [5.74, 6) is -0.374. The number of hydrogen-bond donors (Lipinski definition) is 1. The number of unbranched alkanes of at least 4 members (excludes halogenated alkanes) is 1. The van der Waals surface area contributed by atoms with Gasteiger partial charge in [-0.05, 0) is 47.0 Å². The number of hydrogen-bond acceptors (Lipinski definition) is 4. The average Bonchev–Trinajstić information content (AvgIpc) is 2.34. The molecule has 0 saturated carbocycles. The Kier molecular flexibility index (Phi) is 8.25. The first-order chi connectivity index (χ1) is 9.53. The Bertz CT molecular complexity index is 321. The lowest BCUT2D eigenvalue weighted by atomic mass is 9.94. The summed E-state index contributed by atoms with van der Waals surface area (Å²) in [7, 11) is 1.32. The molecule has 0 aliphatic heterocycles. The zero-order valence-corrected chi connectivity index (χ0v) is 13.3. The number of esters is 1. The highest BCUT2D eigenvalue weighted by Crippen LogP contribution is 2.23. The summed E-state index contributed by atoms with van der Waals surface area (Å²) in [4.78, 5) is 11.8. The molecule has 126 valence electrons. The number of halogens is 3. The third-order valence-corrected chi connectivity index (χ3v) is 3.14. The predicted octanol–water partition coefficient (Wildman–Crippen LogP) is 3.05. The second-order valence-corrected chi connectivity index (χ2v) is 5.63. The molecule has 0 spiro atoms. The van der Waals surface area contributed by atoms with Crippen molar-refractivity contribution in [1.29, 1.82) is 0 Å². The van der Waals surface area contributed by atoms with Gasteiger partial charge in [0.05, 0.1) is 7.11 Å². The van der Waals surface area contributed by atoms with Crippen LogP contribution in [0.25, 0.3) is 0 Å². The van der Waals surface area contributed by atoms with E-state index < -0.39 is 17.8 Å². The third-order valence-electron chi connectivity index (χ3n) is 3.14. The van der Waals surface area contributed by atoms with Gasteiger partial charge < -0.3 is 9.47 Å². The van der Waals surface area contributed by atoms with E-state index in [9.17, 15) is 18.0 Å². The maximum absolute atomic E-state index is 12.2. The van der Waals surface area contributed by atoms with Crippen LogP contribution in [0, 0.1) is 0 Å². The third kappa shape index (κ3) is 7.66. The lowest BCUT2D eigenvalue weighted by molar-refractivity contribution is -0.214.